The zero-order chi connectivity index (χ0) is 93.7. The Morgan fingerprint density at radius 3 is 0.992 bits per heavy atom. The van der Waals surface area contributed by atoms with Crippen LogP contribution >= 0.6 is 11.6 Å². The number of nitriles is 4. The van der Waals surface area contributed by atoms with E-state index in [0.717, 1.165) is 30.3 Å². The number of fused-ring (bicyclic) bond motifs is 2. The number of phenolic OH excluding ortho intramolecular Hbond substituents is 3. The molecule has 0 aliphatic rings. The van der Waals surface area contributed by atoms with Crippen molar-refractivity contribution in [1.82, 2.24) is 9.97 Å². The third-order valence-corrected chi connectivity index (χ3v) is 30.4. The van der Waals surface area contributed by atoms with Gasteiger partial charge in [0, 0.05) is 16.2 Å². The number of aromatic nitrogens is 2. The lowest BCUT2D eigenvalue weighted by Crippen LogP contribution is -2.46. The first kappa shape index (κ1) is 103. The van der Waals surface area contributed by atoms with Crippen molar-refractivity contribution in [2.45, 2.75) is 249 Å². The van der Waals surface area contributed by atoms with Crippen LogP contribution in [-0.4, -0.2) is 133 Å². The molecule has 27 nitrogen and oxygen atoms in total. The van der Waals surface area contributed by atoms with Gasteiger partial charge in [0.2, 0.25) is 17.7 Å². The molecule has 0 saturated heterocycles. The monoisotopic (exact) mass is 1810 g/mol. The molecule has 0 radical (unpaired) electrons. The summed E-state index contributed by atoms with van der Waals surface area (Å²) in [5.74, 6) is -3.08. The van der Waals surface area contributed by atoms with E-state index in [-0.39, 0.29) is 50.3 Å². The summed E-state index contributed by atoms with van der Waals surface area (Å²) in [6, 6.07) is 17.8. The summed E-state index contributed by atoms with van der Waals surface area (Å²) in [6.45, 7) is 28.4. The Labute approximate surface area is 684 Å². The van der Waals surface area contributed by atoms with Gasteiger partial charge in [0.05, 0.1) is 49.1 Å². The number of halogens is 13. The van der Waals surface area contributed by atoms with Gasteiger partial charge in [-0.05, 0) is 158 Å². The van der Waals surface area contributed by atoms with Crippen LogP contribution in [0.15, 0.2) is 94.0 Å². The number of nitrogen functional groups attached to an aromatic ring is 1. The quantitative estimate of drug-likeness (QED) is 0.0398. The number of nitrogens with one attached hydrogen (secondary N) is 2. The van der Waals surface area contributed by atoms with Crippen LogP contribution in [0.1, 0.15) is 193 Å². The Morgan fingerprint density at radius 1 is 0.412 bits per heavy atom. The molecule has 2 heterocycles. The predicted molar refractivity (Wildman–Crippen MR) is 412 cm³/mol. The molecule has 7 rings (SSSR count). The van der Waals surface area contributed by atoms with Gasteiger partial charge in [-0.15, -0.1) is 0 Å². The molecule has 0 unspecified atom stereocenters. The van der Waals surface area contributed by atoms with Gasteiger partial charge in [0.15, 0.2) is 96.6 Å². The Hall–Kier alpha value is -9.86. The van der Waals surface area contributed by atoms with Gasteiger partial charge in [0.25, 0.3) is 0 Å². The topological polar surface area (TPSA) is 472 Å². The van der Waals surface area contributed by atoms with Crippen molar-refractivity contribution in [3.05, 3.63) is 99.7 Å². The molecule has 0 aliphatic heterocycles. The van der Waals surface area contributed by atoms with Crippen LogP contribution in [0.25, 0.3) is 22.2 Å². The molecule has 7 N–H and O–H groups in total. The summed E-state index contributed by atoms with van der Waals surface area (Å²) in [6.07, 6.45) is -21.4. The van der Waals surface area contributed by atoms with E-state index in [4.69, 9.17) is 46.7 Å². The maximum absolute atomic E-state index is 13.3. The predicted octanol–water partition coefficient (Wildman–Crippen LogP) is 17.5. The highest BCUT2D eigenvalue weighted by Gasteiger charge is 2.62. The summed E-state index contributed by atoms with van der Waals surface area (Å²) in [5.41, 5.74) is -0.731. The minimum absolute atomic E-state index is 0.0631. The van der Waals surface area contributed by atoms with Gasteiger partial charge in [0.1, 0.15) is 65.4 Å². The number of phenols is 3. The molecular weight excluding hydrogens is 1730 g/mol. The highest BCUT2D eigenvalue weighted by Crippen LogP contribution is 2.50. The van der Waals surface area contributed by atoms with E-state index in [9.17, 15) is 125 Å². The minimum atomic E-state index is -5.25. The maximum Gasteiger partial charge on any atom is 0.412 e. The number of sulfone groups is 5. The molecule has 2 amide bonds. The van der Waals surface area contributed by atoms with Crippen LogP contribution in [0.4, 0.5) is 74.5 Å². The Kier molecular flexibility index (Phi) is 29.5. The van der Waals surface area contributed by atoms with Crippen LogP contribution in [-0.2, 0) is 69.5 Å². The lowest BCUT2D eigenvalue weighted by molar-refractivity contribution is -0.153. The van der Waals surface area contributed by atoms with E-state index in [0.29, 0.717) is 55.4 Å². The molecule has 5 aromatic carbocycles. The van der Waals surface area contributed by atoms with Crippen LogP contribution in [0.3, 0.4) is 0 Å². The Bertz CT molecular complexity index is 5900. The van der Waals surface area contributed by atoms with Gasteiger partial charge in [-0.2, -0.15) is 73.7 Å². The fourth-order valence-corrected chi connectivity index (χ4v) is 17.0. The molecule has 0 spiro atoms. The fourth-order valence-electron chi connectivity index (χ4n) is 8.83. The van der Waals surface area contributed by atoms with Gasteiger partial charge in [-0.3, -0.25) is 10.1 Å². The molecule has 656 valence electrons. The van der Waals surface area contributed by atoms with Crippen LogP contribution in [0.5, 0.6) is 17.2 Å². The fraction of sp³-hybridized carbons (Fsp3) is 0.486. The van der Waals surface area contributed by atoms with E-state index >= 15 is 0 Å². The van der Waals surface area contributed by atoms with Crippen LogP contribution in [0.2, 0.25) is 5.02 Å². The maximum atomic E-state index is 13.3. The Balaban J connectivity index is 0.000000387. The number of benzene rings is 5. The number of hydrogen-bond acceptors (Lipinski definition) is 25. The normalized spacial score (nSPS) is 13.4. The lowest BCUT2D eigenvalue weighted by Gasteiger charge is -2.28. The number of rotatable bonds is 11. The van der Waals surface area contributed by atoms with E-state index in [1.54, 1.807) is 95.2 Å². The SMILES string of the molecule is CC(C)(C)C(=O)Nc1ccc(C#N)c(S(=O)(=O)C(C)(C)C(F)(F)F)c1O.CC(C)(C)OC(=O)Nc1ccc(C#N)c(S(=O)(=O)C(C)(C)C(F)(F)F)c1O.CC(C)(C)S(=O)(=O)c1c(C#N)ccc(N)c1O.CC(C)(C)c1nc2ccc(C#N)c(S(=O)(=O)C(C)(C)C(F)(F)F)c2o1.CC(C)(C)c1nc2ccc(Cl)c(S(=O)(=O)C(C)(C)C(F)(F)F)c2o1. The van der Waals surface area contributed by atoms with Gasteiger partial charge in [-0.1, -0.05) is 73.9 Å². The van der Waals surface area contributed by atoms with E-state index in [2.05, 4.69) is 20.6 Å². The number of ether oxygens (including phenoxy) is 1. The highest BCUT2D eigenvalue weighted by atomic mass is 35.5. The number of hydrogen-bond donors (Lipinski definition) is 6. The number of amides is 2. The van der Waals surface area contributed by atoms with E-state index in [1.807, 2.05) is 0 Å². The first-order valence-corrected chi connectivity index (χ1v) is 41.9. The van der Waals surface area contributed by atoms with E-state index in [1.165, 1.54) is 63.2 Å². The van der Waals surface area contributed by atoms with Gasteiger partial charge >= 0.3 is 30.8 Å². The first-order valence-electron chi connectivity index (χ1n) is 34.1. The summed E-state index contributed by atoms with van der Waals surface area (Å²) in [7, 11) is -24.1. The minimum Gasteiger partial charge on any atom is -0.504 e. The average molecular weight is 1810 g/mol. The number of nitrogens with zero attached hydrogens (tertiary/aromatic N) is 6. The van der Waals surface area contributed by atoms with Crippen LogP contribution < -0.4 is 16.4 Å². The summed E-state index contributed by atoms with van der Waals surface area (Å²) in [4.78, 5) is 27.9. The van der Waals surface area contributed by atoms with Crippen molar-refractivity contribution in [2.24, 2.45) is 5.41 Å². The summed E-state index contributed by atoms with van der Waals surface area (Å²) < 4.78 is 287. The number of oxazole rings is 2. The molecule has 0 bridgehead atoms. The second-order valence-electron chi connectivity index (χ2n) is 33.1. The number of alkyl halides is 12. The van der Waals surface area contributed by atoms with E-state index < -0.39 is 201 Å². The lowest BCUT2D eigenvalue weighted by atomic mass is 9.95. The molecule has 0 fully saturated rings. The molecule has 45 heteroatoms. The first-order chi connectivity index (χ1) is 52.8. The number of carbonyl (C=O) groups excluding carboxylic acids is 2. The van der Waals surface area contributed by atoms with Crippen molar-refractivity contribution < 1.29 is 133 Å². The summed E-state index contributed by atoms with van der Waals surface area (Å²) in [5, 5.41) is 70.5. The number of aromatic hydroxyl groups is 3. The second-order valence-corrected chi connectivity index (χ2v) is 45.8. The van der Waals surface area contributed by atoms with Gasteiger partial charge < -0.3 is 39.9 Å². The smallest absolute Gasteiger partial charge is 0.412 e. The highest BCUT2D eigenvalue weighted by molar-refractivity contribution is 7.94. The zero-order valence-electron chi connectivity index (χ0n) is 68.0. The van der Waals surface area contributed by atoms with Crippen molar-refractivity contribution in [1.29, 1.82) is 21.0 Å². The molecule has 0 aliphatic carbocycles. The third kappa shape index (κ3) is 21.0. The van der Waals surface area contributed by atoms with Crippen molar-refractivity contribution in [3.63, 3.8) is 0 Å². The Morgan fingerprint density at radius 2 is 0.689 bits per heavy atom. The number of nitrogens with two attached hydrogens (primary N) is 1. The standard InChI is InChI=1S/C16H19F3N2O5S.C16H19F3N2O4S.C16H17F3N2O3S.C15H17ClF3NO3S.C11H14N2O3S/c1-14(2,3)26-13(23)21-10-7-6-9(8-20)12(11(10)22)27(24,25)15(4,5)16(17,18)19;1-14(2,3)13(23)21-10-7-6-9(8-20)12(11(10)22)26(24,25)15(4,5)16(17,18)19;1-14(2,3)13-21-10-7-6-9(8-20)12(11(10)24-13)25(22,23)15(4,5)16(17,18)19;1-13(2,3)12-20-9-7-6-8(16)11(10(9)23-12)24(21,22)14(4,5)15(17,18)19;1-11(2,3)17(15,16)10-7(6-12)4-5-8(13)9(10)14/h6-7,22H,1-5H3,(H,21,23);6-7,22H,1-5H3,(H,21,23);6-7H,1-5H3;6-7H,1-5H3;4-5,14H,13H2,1-3H3. The largest absolute Gasteiger partial charge is 0.504 e. The molecule has 0 atom stereocenters. The second kappa shape index (κ2) is 34.0. The molecule has 119 heavy (non-hydrogen) atoms. The molecular formula is C74H86ClF12N9O18S5. The number of anilines is 3. The molecule has 2 aromatic heterocycles. The van der Waals surface area contributed by atoms with Crippen molar-refractivity contribution in [3.8, 4) is 41.5 Å². The number of carbonyl (C=O) groups is 2. The van der Waals surface area contributed by atoms with Gasteiger partial charge in [-0.25, -0.2) is 56.9 Å². The molecule has 0 saturated carbocycles. The molecule has 7 aromatic rings. The summed E-state index contributed by atoms with van der Waals surface area (Å²) >= 11 is 5.93. The van der Waals surface area contributed by atoms with Crippen LogP contribution in [0, 0.1) is 50.7 Å². The van der Waals surface area contributed by atoms with Crippen molar-refractivity contribution in [2.75, 3.05) is 16.4 Å². The third-order valence-electron chi connectivity index (χ3n) is 17.3. The average Bonchev–Trinajstić information content (AvgIpc) is 1.71. The zero-order valence-corrected chi connectivity index (χ0v) is 72.8. The van der Waals surface area contributed by atoms with Crippen molar-refractivity contribution >= 4 is 112 Å².